The van der Waals surface area contributed by atoms with Crippen molar-refractivity contribution in [1.82, 2.24) is 0 Å². The van der Waals surface area contributed by atoms with Crippen LogP contribution in [0.15, 0.2) is 12.1 Å². The molecule has 0 fully saturated rings. The molecule has 0 aliphatic carbocycles. The zero-order chi connectivity index (χ0) is 8.72. The predicted molar refractivity (Wildman–Crippen MR) is 60.5 cm³/mol. The molecule has 4 N–H and O–H groups in total. The molecule has 1 heterocycles. The van der Waals surface area contributed by atoms with Crippen LogP contribution in [0.2, 0.25) is 0 Å². The lowest BCUT2D eigenvalue weighted by atomic mass is 10.2. The lowest BCUT2D eigenvalue weighted by Gasteiger charge is -2.00. The largest absolute Gasteiger partial charge is 0.451 e. The van der Waals surface area contributed by atoms with Crippen LogP contribution in [0.5, 0.6) is 11.5 Å². The first-order valence-corrected chi connectivity index (χ1v) is 3.69. The quantitative estimate of drug-likeness (QED) is 0.677. The average Bonchev–Trinajstić information content (AvgIpc) is 2.30. The number of nitrogens with two attached hydrogens (primary N) is 2. The van der Waals surface area contributed by atoms with Gasteiger partial charge in [0.05, 0.1) is 11.4 Å². The van der Waals surface area contributed by atoms with Gasteiger partial charge in [-0.15, -0.1) is 24.8 Å². The van der Waals surface area contributed by atoms with Crippen LogP contribution in [0.4, 0.5) is 11.4 Å². The maximum atomic E-state index is 5.58. The number of anilines is 2. The Balaban J connectivity index is 0.000000845. The maximum absolute atomic E-state index is 5.58. The molecule has 0 spiro atoms. The number of fused-ring (bicyclic) bond motifs is 1. The zero-order valence-electron chi connectivity index (χ0n) is 7.52. The predicted octanol–water partition coefficient (Wildman–Crippen LogP) is 1.81. The summed E-state index contributed by atoms with van der Waals surface area (Å²) in [6, 6.07) is 3.35. The summed E-state index contributed by atoms with van der Waals surface area (Å²) in [4.78, 5) is 0. The minimum absolute atomic E-state index is 0. The summed E-state index contributed by atoms with van der Waals surface area (Å²) in [5.41, 5.74) is 12.2. The number of rotatable bonds is 0. The third-order valence-corrected chi connectivity index (χ3v) is 1.74. The molecule has 1 aromatic rings. The third-order valence-electron chi connectivity index (χ3n) is 1.74. The Hall–Kier alpha value is -1.000. The highest BCUT2D eigenvalue weighted by atomic mass is 35.5. The van der Waals surface area contributed by atoms with Crippen molar-refractivity contribution >= 4 is 36.2 Å². The highest BCUT2D eigenvalue weighted by Gasteiger charge is 2.20. The molecule has 14 heavy (non-hydrogen) atoms. The van der Waals surface area contributed by atoms with Crippen LogP contribution in [-0.4, -0.2) is 6.29 Å². The summed E-state index contributed by atoms with van der Waals surface area (Å²) >= 11 is 0. The molecule has 0 radical (unpaired) electrons. The van der Waals surface area contributed by atoms with Crippen molar-refractivity contribution in [3.8, 4) is 11.5 Å². The maximum Gasteiger partial charge on any atom is 0.238 e. The van der Waals surface area contributed by atoms with E-state index in [0.29, 0.717) is 22.9 Å². The number of halogens is 2. The summed E-state index contributed by atoms with van der Waals surface area (Å²) < 4.78 is 10.6. The molecule has 4 nitrogen and oxygen atoms in total. The Morgan fingerprint density at radius 2 is 1.36 bits per heavy atom. The van der Waals surface area contributed by atoms with E-state index in [1.165, 1.54) is 0 Å². The molecular weight excluding hydrogens is 227 g/mol. The second-order valence-corrected chi connectivity index (χ2v) is 2.73. The lowest BCUT2D eigenvalue weighted by Crippen LogP contribution is -2.11. The molecule has 0 saturated heterocycles. The third kappa shape index (κ3) is 2.08. The number of hydrogen-bond donors (Lipinski definition) is 2. The number of benzene rings is 1. The molecule has 0 bridgehead atoms. The molecule has 0 unspecified atom stereocenters. The van der Waals surface area contributed by atoms with E-state index in [0.717, 1.165) is 0 Å². The van der Waals surface area contributed by atoms with Gasteiger partial charge in [-0.05, 0) is 0 Å². The van der Waals surface area contributed by atoms with Crippen LogP contribution in [0.3, 0.4) is 0 Å². The fourth-order valence-corrected chi connectivity index (χ4v) is 1.16. The summed E-state index contributed by atoms with van der Waals surface area (Å²) in [6.07, 6.45) is -0.249. The van der Waals surface area contributed by atoms with Crippen LogP contribution < -0.4 is 20.9 Å². The first-order chi connectivity index (χ1) is 5.66. The van der Waals surface area contributed by atoms with E-state index in [2.05, 4.69) is 0 Å². The second kappa shape index (κ2) is 4.48. The minimum Gasteiger partial charge on any atom is -0.451 e. The molecule has 0 aromatic heterocycles. The molecule has 1 aliphatic heterocycles. The Morgan fingerprint density at radius 1 is 1.00 bits per heavy atom. The van der Waals surface area contributed by atoms with Gasteiger partial charge in [0.1, 0.15) is 0 Å². The molecule has 1 aliphatic rings. The van der Waals surface area contributed by atoms with Crippen molar-refractivity contribution in [2.45, 2.75) is 13.2 Å². The molecule has 0 atom stereocenters. The van der Waals surface area contributed by atoms with Gasteiger partial charge in [-0.3, -0.25) is 0 Å². The molecule has 1 aromatic carbocycles. The van der Waals surface area contributed by atoms with Crippen LogP contribution in [0, 0.1) is 0 Å². The molecule has 2 rings (SSSR count). The van der Waals surface area contributed by atoms with Gasteiger partial charge >= 0.3 is 0 Å². The normalized spacial score (nSPS) is 12.9. The van der Waals surface area contributed by atoms with Gasteiger partial charge in [-0.25, -0.2) is 0 Å². The van der Waals surface area contributed by atoms with Gasteiger partial charge in [-0.2, -0.15) is 0 Å². The minimum atomic E-state index is -0.249. The zero-order valence-corrected chi connectivity index (χ0v) is 9.15. The van der Waals surface area contributed by atoms with E-state index in [4.69, 9.17) is 20.9 Å². The van der Waals surface area contributed by atoms with Crippen molar-refractivity contribution in [2.75, 3.05) is 11.5 Å². The highest BCUT2D eigenvalue weighted by molar-refractivity contribution is 5.85. The SMILES string of the molecule is CC1Oc2cc(N)c(N)cc2O1.Cl.Cl. The molecule has 0 saturated carbocycles. The summed E-state index contributed by atoms with van der Waals surface area (Å²) in [6.45, 7) is 1.81. The van der Waals surface area contributed by atoms with E-state index in [1.54, 1.807) is 12.1 Å². The fourth-order valence-electron chi connectivity index (χ4n) is 1.16. The van der Waals surface area contributed by atoms with Gasteiger partial charge in [0.2, 0.25) is 6.29 Å². The molecule has 6 heteroatoms. The average molecular weight is 239 g/mol. The Bertz CT molecular complexity index is 302. The standard InChI is InChI=1S/C8H10N2O2.2ClH/c1-4-11-7-2-5(9)6(10)3-8(7)12-4;;/h2-4H,9-10H2,1H3;2*1H. The monoisotopic (exact) mass is 238 g/mol. The van der Waals surface area contributed by atoms with Gasteiger partial charge in [-0.1, -0.05) is 0 Å². The van der Waals surface area contributed by atoms with E-state index in [9.17, 15) is 0 Å². The van der Waals surface area contributed by atoms with Gasteiger partial charge < -0.3 is 20.9 Å². The summed E-state index contributed by atoms with van der Waals surface area (Å²) in [5, 5.41) is 0. The van der Waals surface area contributed by atoms with Gasteiger partial charge in [0.25, 0.3) is 0 Å². The lowest BCUT2D eigenvalue weighted by molar-refractivity contribution is 0.0679. The number of hydrogen-bond acceptors (Lipinski definition) is 4. The van der Waals surface area contributed by atoms with Crippen molar-refractivity contribution in [1.29, 1.82) is 0 Å². The van der Waals surface area contributed by atoms with Gasteiger partial charge in [0.15, 0.2) is 11.5 Å². The topological polar surface area (TPSA) is 70.5 Å². The van der Waals surface area contributed by atoms with Crippen LogP contribution >= 0.6 is 24.8 Å². The van der Waals surface area contributed by atoms with Crippen molar-refractivity contribution in [2.24, 2.45) is 0 Å². The highest BCUT2D eigenvalue weighted by Crippen LogP contribution is 2.38. The summed E-state index contributed by atoms with van der Waals surface area (Å²) in [5.74, 6) is 1.32. The van der Waals surface area contributed by atoms with Crippen LogP contribution in [0.1, 0.15) is 6.92 Å². The first kappa shape index (κ1) is 13.0. The Kier molecular flexibility index (Phi) is 4.16. The van der Waals surface area contributed by atoms with Crippen molar-refractivity contribution in [3.63, 3.8) is 0 Å². The number of nitrogen functional groups attached to an aromatic ring is 2. The smallest absolute Gasteiger partial charge is 0.238 e. The molecule has 80 valence electrons. The van der Waals surface area contributed by atoms with E-state index in [1.807, 2.05) is 6.92 Å². The number of ether oxygens (including phenoxy) is 2. The first-order valence-electron chi connectivity index (χ1n) is 3.69. The second-order valence-electron chi connectivity index (χ2n) is 2.73. The van der Waals surface area contributed by atoms with Crippen LogP contribution in [-0.2, 0) is 0 Å². The molecular formula is C8H12Cl2N2O2. The van der Waals surface area contributed by atoms with Crippen molar-refractivity contribution < 1.29 is 9.47 Å². The van der Waals surface area contributed by atoms with Crippen molar-refractivity contribution in [3.05, 3.63) is 12.1 Å². The van der Waals surface area contributed by atoms with E-state index in [-0.39, 0.29) is 31.1 Å². The Labute approximate surface area is 94.4 Å². The van der Waals surface area contributed by atoms with Crippen LogP contribution in [0.25, 0.3) is 0 Å². The van der Waals surface area contributed by atoms with E-state index < -0.39 is 0 Å². The molecule has 0 amide bonds. The van der Waals surface area contributed by atoms with E-state index >= 15 is 0 Å². The fraction of sp³-hybridized carbons (Fsp3) is 0.250. The summed E-state index contributed by atoms with van der Waals surface area (Å²) in [7, 11) is 0. The van der Waals surface area contributed by atoms with Gasteiger partial charge in [0, 0.05) is 19.1 Å². The Morgan fingerprint density at radius 3 is 1.71 bits per heavy atom.